The number of anilines is 2. The third-order valence-electron chi connectivity index (χ3n) is 3.85. The second-order valence-electron chi connectivity index (χ2n) is 6.78. The smallest absolute Gasteiger partial charge is 0.243 e. The van der Waals surface area contributed by atoms with E-state index in [1.807, 2.05) is 36.4 Å². The van der Waals surface area contributed by atoms with E-state index in [1.165, 1.54) is 11.1 Å². The second kappa shape index (κ2) is 7.32. The summed E-state index contributed by atoms with van der Waals surface area (Å²) >= 11 is 0. The first-order valence-electron chi connectivity index (χ1n) is 8.11. The minimum atomic E-state index is -0.0471. The lowest BCUT2D eigenvalue weighted by atomic mass is 9.87. The SMILES string of the molecule is CCc1ccc(NC(=O)CNc2ccc(C(C)(C)C)cc2)cc1. The Kier molecular flexibility index (Phi) is 5.43. The maximum Gasteiger partial charge on any atom is 0.243 e. The summed E-state index contributed by atoms with van der Waals surface area (Å²) in [5.74, 6) is -0.0471. The van der Waals surface area contributed by atoms with Crippen LogP contribution in [0, 0.1) is 0 Å². The van der Waals surface area contributed by atoms with Crippen LogP contribution in [0.4, 0.5) is 11.4 Å². The molecule has 2 aromatic rings. The lowest BCUT2D eigenvalue weighted by Crippen LogP contribution is -2.21. The Morgan fingerprint density at radius 2 is 1.48 bits per heavy atom. The molecule has 1 amide bonds. The lowest BCUT2D eigenvalue weighted by Gasteiger charge is -2.19. The summed E-state index contributed by atoms with van der Waals surface area (Å²) < 4.78 is 0. The molecular formula is C20H26N2O. The van der Waals surface area contributed by atoms with Gasteiger partial charge in [0.2, 0.25) is 5.91 Å². The molecule has 122 valence electrons. The van der Waals surface area contributed by atoms with Gasteiger partial charge >= 0.3 is 0 Å². The number of carbonyl (C=O) groups excluding carboxylic acids is 1. The number of hydrogen-bond acceptors (Lipinski definition) is 2. The first-order valence-corrected chi connectivity index (χ1v) is 8.11. The van der Waals surface area contributed by atoms with Crippen LogP contribution in [0.3, 0.4) is 0 Å². The van der Waals surface area contributed by atoms with Crippen LogP contribution in [0.5, 0.6) is 0 Å². The predicted molar refractivity (Wildman–Crippen MR) is 98.1 cm³/mol. The van der Waals surface area contributed by atoms with Gasteiger partial charge in [0.15, 0.2) is 0 Å². The molecule has 0 fully saturated rings. The van der Waals surface area contributed by atoms with Gasteiger partial charge in [-0.1, -0.05) is 52.0 Å². The van der Waals surface area contributed by atoms with Gasteiger partial charge in [-0.2, -0.15) is 0 Å². The quantitative estimate of drug-likeness (QED) is 0.847. The molecule has 0 bridgehead atoms. The highest BCUT2D eigenvalue weighted by Crippen LogP contribution is 2.23. The number of amides is 1. The van der Waals surface area contributed by atoms with Crippen molar-refractivity contribution in [2.24, 2.45) is 0 Å². The van der Waals surface area contributed by atoms with Crippen molar-refractivity contribution in [3.05, 3.63) is 59.7 Å². The van der Waals surface area contributed by atoms with E-state index in [-0.39, 0.29) is 17.9 Å². The predicted octanol–water partition coefficient (Wildman–Crippen LogP) is 4.60. The molecule has 0 heterocycles. The molecule has 0 unspecified atom stereocenters. The highest BCUT2D eigenvalue weighted by atomic mass is 16.1. The third kappa shape index (κ3) is 5.13. The van der Waals surface area contributed by atoms with Crippen molar-refractivity contribution < 1.29 is 4.79 Å². The number of carbonyl (C=O) groups is 1. The first-order chi connectivity index (χ1) is 10.9. The van der Waals surface area contributed by atoms with Crippen molar-refractivity contribution in [3.8, 4) is 0 Å². The van der Waals surface area contributed by atoms with Crippen LogP contribution < -0.4 is 10.6 Å². The van der Waals surface area contributed by atoms with Gasteiger partial charge in [-0.25, -0.2) is 0 Å². The van der Waals surface area contributed by atoms with Gasteiger partial charge in [-0.3, -0.25) is 4.79 Å². The second-order valence-corrected chi connectivity index (χ2v) is 6.78. The number of nitrogens with one attached hydrogen (secondary N) is 2. The summed E-state index contributed by atoms with van der Waals surface area (Å²) in [5, 5.41) is 6.05. The number of benzene rings is 2. The van der Waals surface area contributed by atoms with E-state index >= 15 is 0 Å². The van der Waals surface area contributed by atoms with Gasteiger partial charge < -0.3 is 10.6 Å². The van der Waals surface area contributed by atoms with Gasteiger partial charge in [0, 0.05) is 11.4 Å². The Balaban J connectivity index is 1.86. The Morgan fingerprint density at radius 1 is 0.913 bits per heavy atom. The van der Waals surface area contributed by atoms with Crippen molar-refractivity contribution >= 4 is 17.3 Å². The van der Waals surface area contributed by atoms with Gasteiger partial charge in [0.1, 0.15) is 0 Å². The summed E-state index contributed by atoms with van der Waals surface area (Å²) in [7, 11) is 0. The van der Waals surface area contributed by atoms with E-state index in [4.69, 9.17) is 0 Å². The first kappa shape index (κ1) is 17.1. The summed E-state index contributed by atoms with van der Waals surface area (Å²) in [5.41, 5.74) is 4.47. The summed E-state index contributed by atoms with van der Waals surface area (Å²) in [6.07, 6.45) is 1.00. The Labute approximate surface area is 139 Å². The average molecular weight is 310 g/mol. The molecule has 0 radical (unpaired) electrons. The van der Waals surface area contributed by atoms with Crippen LogP contribution >= 0.6 is 0 Å². The van der Waals surface area contributed by atoms with Crippen LogP contribution in [-0.4, -0.2) is 12.5 Å². The Bertz CT molecular complexity index is 637. The Morgan fingerprint density at radius 3 is 2.00 bits per heavy atom. The van der Waals surface area contributed by atoms with Crippen molar-refractivity contribution in [2.75, 3.05) is 17.2 Å². The van der Waals surface area contributed by atoms with Crippen LogP contribution in [0.2, 0.25) is 0 Å². The maximum absolute atomic E-state index is 12.0. The van der Waals surface area contributed by atoms with Gasteiger partial charge in [-0.15, -0.1) is 0 Å². The van der Waals surface area contributed by atoms with Crippen molar-refractivity contribution in [1.82, 2.24) is 0 Å². The molecular weight excluding hydrogens is 284 g/mol. The fraction of sp³-hybridized carbons (Fsp3) is 0.350. The summed E-state index contributed by atoms with van der Waals surface area (Å²) in [6, 6.07) is 16.2. The van der Waals surface area contributed by atoms with Crippen molar-refractivity contribution in [3.63, 3.8) is 0 Å². The highest BCUT2D eigenvalue weighted by molar-refractivity contribution is 5.93. The van der Waals surface area contributed by atoms with Crippen LogP contribution in [-0.2, 0) is 16.6 Å². The number of aryl methyl sites for hydroxylation is 1. The normalized spacial score (nSPS) is 11.1. The number of rotatable bonds is 5. The summed E-state index contributed by atoms with van der Waals surface area (Å²) in [6.45, 7) is 8.93. The zero-order chi connectivity index (χ0) is 16.9. The molecule has 2 rings (SSSR count). The molecule has 0 aliphatic heterocycles. The molecule has 0 spiro atoms. The van der Waals surface area contributed by atoms with Crippen molar-refractivity contribution in [2.45, 2.75) is 39.5 Å². The fourth-order valence-electron chi connectivity index (χ4n) is 2.30. The maximum atomic E-state index is 12.0. The van der Waals surface area contributed by atoms with E-state index in [0.29, 0.717) is 0 Å². The molecule has 0 saturated heterocycles. The zero-order valence-corrected chi connectivity index (χ0v) is 14.4. The fourth-order valence-corrected chi connectivity index (χ4v) is 2.30. The van der Waals surface area contributed by atoms with Crippen LogP contribution in [0.1, 0.15) is 38.8 Å². The molecule has 3 heteroatoms. The Hall–Kier alpha value is -2.29. The van der Waals surface area contributed by atoms with E-state index in [2.05, 4.69) is 50.5 Å². The zero-order valence-electron chi connectivity index (χ0n) is 14.4. The van der Waals surface area contributed by atoms with Gasteiger partial charge in [0.25, 0.3) is 0 Å². The molecule has 2 aromatic carbocycles. The topological polar surface area (TPSA) is 41.1 Å². The van der Waals surface area contributed by atoms with Gasteiger partial charge in [-0.05, 0) is 47.2 Å². The molecule has 0 aromatic heterocycles. The molecule has 0 aliphatic rings. The highest BCUT2D eigenvalue weighted by Gasteiger charge is 2.12. The van der Waals surface area contributed by atoms with E-state index in [0.717, 1.165) is 17.8 Å². The minimum Gasteiger partial charge on any atom is -0.376 e. The third-order valence-corrected chi connectivity index (χ3v) is 3.85. The van der Waals surface area contributed by atoms with Crippen molar-refractivity contribution in [1.29, 1.82) is 0 Å². The van der Waals surface area contributed by atoms with E-state index < -0.39 is 0 Å². The van der Waals surface area contributed by atoms with E-state index in [1.54, 1.807) is 0 Å². The standard InChI is InChI=1S/C20H26N2O/c1-5-15-6-10-18(11-7-15)22-19(23)14-21-17-12-8-16(9-13-17)20(2,3)4/h6-13,21H,5,14H2,1-4H3,(H,22,23). The van der Waals surface area contributed by atoms with E-state index in [9.17, 15) is 4.79 Å². The summed E-state index contributed by atoms with van der Waals surface area (Å²) in [4.78, 5) is 12.0. The molecule has 0 saturated carbocycles. The molecule has 23 heavy (non-hydrogen) atoms. The average Bonchev–Trinajstić information content (AvgIpc) is 2.53. The minimum absolute atomic E-state index is 0.0471. The largest absolute Gasteiger partial charge is 0.376 e. The van der Waals surface area contributed by atoms with Gasteiger partial charge in [0.05, 0.1) is 6.54 Å². The molecule has 3 nitrogen and oxygen atoms in total. The lowest BCUT2D eigenvalue weighted by molar-refractivity contribution is -0.114. The molecule has 2 N–H and O–H groups in total. The monoisotopic (exact) mass is 310 g/mol. The molecule has 0 atom stereocenters. The number of hydrogen-bond donors (Lipinski definition) is 2. The van der Waals surface area contributed by atoms with Crippen LogP contribution in [0.15, 0.2) is 48.5 Å². The molecule has 0 aliphatic carbocycles. The van der Waals surface area contributed by atoms with Crippen LogP contribution in [0.25, 0.3) is 0 Å².